The number of fused-ring (bicyclic) bond motifs is 1. The topological polar surface area (TPSA) is 80.9 Å². The van der Waals surface area contributed by atoms with E-state index in [2.05, 4.69) is 28.3 Å². The van der Waals surface area contributed by atoms with Gasteiger partial charge >= 0.3 is 0 Å². The maximum absolute atomic E-state index is 11.9. The molecule has 0 saturated heterocycles. The molecule has 0 bridgehead atoms. The lowest BCUT2D eigenvalue weighted by atomic mass is 10.3. The second-order valence-electron chi connectivity index (χ2n) is 4.30. The van der Waals surface area contributed by atoms with E-state index in [0.29, 0.717) is 13.1 Å². The van der Waals surface area contributed by atoms with Crippen LogP contribution in [0, 0.1) is 0 Å². The first-order valence-electron chi connectivity index (χ1n) is 6.53. The fourth-order valence-electron chi connectivity index (χ4n) is 1.71. The molecule has 2 aromatic rings. The van der Waals surface area contributed by atoms with Gasteiger partial charge in [0.05, 0.1) is 5.25 Å². The fourth-order valence-corrected chi connectivity index (χ4v) is 3.63. The van der Waals surface area contributed by atoms with Crippen molar-refractivity contribution in [1.82, 2.24) is 15.3 Å². The first-order chi connectivity index (χ1) is 9.65. The first-order valence-corrected chi connectivity index (χ1v) is 8.23. The Morgan fingerprint density at radius 2 is 2.35 bits per heavy atom. The van der Waals surface area contributed by atoms with E-state index in [9.17, 15) is 4.79 Å². The van der Waals surface area contributed by atoms with Crippen molar-refractivity contribution in [1.29, 1.82) is 0 Å². The molecule has 2 heterocycles. The summed E-state index contributed by atoms with van der Waals surface area (Å²) in [4.78, 5) is 22.7. The summed E-state index contributed by atoms with van der Waals surface area (Å²) in [6.07, 6.45) is 2.54. The van der Waals surface area contributed by atoms with Crippen molar-refractivity contribution in [3.8, 4) is 0 Å². The molecule has 0 spiro atoms. The molecule has 0 radical (unpaired) electrons. The molecule has 108 valence electrons. The molecule has 3 N–H and O–H groups in total. The molecule has 0 aromatic carbocycles. The first kappa shape index (κ1) is 15.2. The number of hydrogen-bond acceptors (Lipinski definition) is 6. The van der Waals surface area contributed by atoms with Gasteiger partial charge in [0.2, 0.25) is 5.91 Å². The standard InChI is InChI=1S/C13H18N4OS2/c1-3-9-6-10-12(16-7-17-13(10)20-9)19-8(2)11(18)15-5-4-14/h6-8H,3-5,14H2,1-2H3,(H,15,18). The largest absolute Gasteiger partial charge is 0.354 e. The Kier molecular flexibility index (Phi) is 5.33. The Morgan fingerprint density at radius 1 is 1.55 bits per heavy atom. The number of aryl methyl sites for hydroxylation is 1. The van der Waals surface area contributed by atoms with Gasteiger partial charge in [0.1, 0.15) is 16.2 Å². The van der Waals surface area contributed by atoms with Crippen LogP contribution in [-0.2, 0) is 11.2 Å². The van der Waals surface area contributed by atoms with Crippen LogP contribution in [0.15, 0.2) is 17.4 Å². The van der Waals surface area contributed by atoms with Crippen molar-refractivity contribution in [2.75, 3.05) is 13.1 Å². The third-order valence-corrected chi connectivity index (χ3v) is 5.10. The zero-order chi connectivity index (χ0) is 14.5. The molecule has 5 nitrogen and oxygen atoms in total. The van der Waals surface area contributed by atoms with Crippen LogP contribution in [0.1, 0.15) is 18.7 Å². The molecular weight excluding hydrogens is 292 g/mol. The summed E-state index contributed by atoms with van der Waals surface area (Å²) in [6, 6.07) is 2.12. The third kappa shape index (κ3) is 3.47. The van der Waals surface area contributed by atoms with Crippen LogP contribution in [0.5, 0.6) is 0 Å². The number of carbonyl (C=O) groups excluding carboxylic acids is 1. The molecule has 1 unspecified atom stereocenters. The summed E-state index contributed by atoms with van der Waals surface area (Å²) in [5, 5.41) is 4.49. The second-order valence-corrected chi connectivity index (χ2v) is 6.75. The molecule has 7 heteroatoms. The average molecular weight is 310 g/mol. The average Bonchev–Trinajstić information content (AvgIpc) is 2.88. The van der Waals surface area contributed by atoms with Gasteiger partial charge < -0.3 is 11.1 Å². The number of nitrogens with two attached hydrogens (primary N) is 1. The number of hydrogen-bond donors (Lipinski definition) is 2. The Balaban J connectivity index is 2.16. The summed E-state index contributed by atoms with van der Waals surface area (Å²) < 4.78 is 0. The molecule has 0 fully saturated rings. The number of aromatic nitrogens is 2. The summed E-state index contributed by atoms with van der Waals surface area (Å²) in [7, 11) is 0. The molecule has 0 aliphatic heterocycles. The number of nitrogens with one attached hydrogen (secondary N) is 1. The zero-order valence-corrected chi connectivity index (χ0v) is 13.2. The molecule has 0 saturated carbocycles. The van der Waals surface area contributed by atoms with Crippen LogP contribution >= 0.6 is 23.1 Å². The molecule has 2 aromatic heterocycles. The maximum Gasteiger partial charge on any atom is 0.233 e. The van der Waals surface area contributed by atoms with Crippen molar-refractivity contribution in [3.05, 3.63) is 17.3 Å². The Morgan fingerprint density at radius 3 is 3.05 bits per heavy atom. The van der Waals surface area contributed by atoms with E-state index in [1.807, 2.05) is 6.92 Å². The van der Waals surface area contributed by atoms with Crippen LogP contribution < -0.4 is 11.1 Å². The van der Waals surface area contributed by atoms with Gasteiger partial charge in [0, 0.05) is 23.4 Å². The Labute approximate surface area is 126 Å². The SMILES string of the molecule is CCc1cc2c(SC(C)C(=O)NCCN)ncnc2s1. The van der Waals surface area contributed by atoms with E-state index in [1.54, 1.807) is 17.7 Å². The highest BCUT2D eigenvalue weighted by molar-refractivity contribution is 8.00. The van der Waals surface area contributed by atoms with E-state index >= 15 is 0 Å². The maximum atomic E-state index is 11.9. The normalized spacial score (nSPS) is 12.6. The molecule has 20 heavy (non-hydrogen) atoms. The molecule has 0 aliphatic rings. The molecule has 1 amide bonds. The van der Waals surface area contributed by atoms with Crippen molar-refractivity contribution < 1.29 is 4.79 Å². The minimum atomic E-state index is -0.204. The van der Waals surface area contributed by atoms with E-state index < -0.39 is 0 Å². The van der Waals surface area contributed by atoms with Gasteiger partial charge in [-0.15, -0.1) is 11.3 Å². The van der Waals surface area contributed by atoms with E-state index in [4.69, 9.17) is 5.73 Å². The molecular formula is C13H18N4OS2. The number of thioether (sulfide) groups is 1. The summed E-state index contributed by atoms with van der Waals surface area (Å²) in [6.45, 7) is 4.94. The molecule has 1 atom stereocenters. The minimum absolute atomic E-state index is 0.0156. The van der Waals surface area contributed by atoms with E-state index in [-0.39, 0.29) is 11.2 Å². The van der Waals surface area contributed by atoms with Crippen LogP contribution in [0.3, 0.4) is 0 Å². The van der Waals surface area contributed by atoms with Crippen LogP contribution in [0.25, 0.3) is 10.2 Å². The van der Waals surface area contributed by atoms with Gasteiger partial charge in [-0.2, -0.15) is 0 Å². The number of carbonyl (C=O) groups is 1. The highest BCUT2D eigenvalue weighted by Crippen LogP contribution is 2.32. The van der Waals surface area contributed by atoms with Gasteiger partial charge in [-0.1, -0.05) is 18.7 Å². The van der Waals surface area contributed by atoms with Gasteiger partial charge in [0.25, 0.3) is 0 Å². The Bertz CT molecular complexity index is 599. The number of nitrogens with zero attached hydrogens (tertiary/aromatic N) is 2. The van der Waals surface area contributed by atoms with E-state index in [1.165, 1.54) is 16.6 Å². The predicted molar refractivity (Wildman–Crippen MR) is 84.2 cm³/mol. The summed E-state index contributed by atoms with van der Waals surface area (Å²) in [5.41, 5.74) is 5.38. The molecule has 0 aliphatic carbocycles. The van der Waals surface area contributed by atoms with Gasteiger partial charge in [-0.25, -0.2) is 9.97 Å². The van der Waals surface area contributed by atoms with Crippen LogP contribution in [0.2, 0.25) is 0 Å². The monoisotopic (exact) mass is 310 g/mol. The van der Waals surface area contributed by atoms with E-state index in [0.717, 1.165) is 21.7 Å². The zero-order valence-electron chi connectivity index (χ0n) is 11.5. The van der Waals surface area contributed by atoms with Crippen molar-refractivity contribution in [2.45, 2.75) is 30.5 Å². The summed E-state index contributed by atoms with van der Waals surface area (Å²) in [5.74, 6) is -0.0156. The minimum Gasteiger partial charge on any atom is -0.354 e. The van der Waals surface area contributed by atoms with Gasteiger partial charge in [-0.05, 0) is 19.4 Å². The smallest absolute Gasteiger partial charge is 0.233 e. The number of thiophene rings is 1. The Hall–Kier alpha value is -1.18. The lowest BCUT2D eigenvalue weighted by molar-refractivity contribution is -0.120. The number of amides is 1. The van der Waals surface area contributed by atoms with Crippen molar-refractivity contribution >= 4 is 39.2 Å². The predicted octanol–water partition coefficient (Wildman–Crippen LogP) is 1.81. The summed E-state index contributed by atoms with van der Waals surface area (Å²) >= 11 is 3.14. The lowest BCUT2D eigenvalue weighted by Gasteiger charge is -2.11. The second kappa shape index (κ2) is 7.01. The molecule has 2 rings (SSSR count). The quantitative estimate of drug-likeness (QED) is 0.628. The lowest BCUT2D eigenvalue weighted by Crippen LogP contribution is -2.34. The van der Waals surface area contributed by atoms with Crippen molar-refractivity contribution in [2.24, 2.45) is 5.73 Å². The third-order valence-electron chi connectivity index (χ3n) is 2.79. The van der Waals surface area contributed by atoms with Crippen LogP contribution in [-0.4, -0.2) is 34.2 Å². The van der Waals surface area contributed by atoms with Crippen molar-refractivity contribution in [3.63, 3.8) is 0 Å². The van der Waals surface area contributed by atoms with Crippen LogP contribution in [0.4, 0.5) is 0 Å². The van der Waals surface area contributed by atoms with Gasteiger partial charge in [0.15, 0.2) is 0 Å². The fraction of sp³-hybridized carbons (Fsp3) is 0.462. The number of rotatable bonds is 6. The van der Waals surface area contributed by atoms with Gasteiger partial charge in [-0.3, -0.25) is 4.79 Å². The highest BCUT2D eigenvalue weighted by atomic mass is 32.2. The highest BCUT2D eigenvalue weighted by Gasteiger charge is 2.17.